The van der Waals surface area contributed by atoms with Gasteiger partial charge in [-0.2, -0.15) is 0 Å². The van der Waals surface area contributed by atoms with E-state index in [1.807, 2.05) is 18.2 Å². The first-order chi connectivity index (χ1) is 20.7. The lowest BCUT2D eigenvalue weighted by Gasteiger charge is -2.43. The second-order valence-corrected chi connectivity index (χ2v) is 24.8. The van der Waals surface area contributed by atoms with Crippen molar-refractivity contribution in [1.82, 2.24) is 0 Å². The molecule has 0 bridgehead atoms. The molecule has 11 heteroatoms. The van der Waals surface area contributed by atoms with E-state index >= 15 is 0 Å². The van der Waals surface area contributed by atoms with Gasteiger partial charge in [0.1, 0.15) is 18.5 Å². The molecule has 0 spiro atoms. The van der Waals surface area contributed by atoms with Crippen LogP contribution in [-0.2, 0) is 34.5 Å². The summed E-state index contributed by atoms with van der Waals surface area (Å²) in [6.45, 7) is 24.9. The molecule has 0 unspecified atom stereocenters. The van der Waals surface area contributed by atoms with Gasteiger partial charge in [-0.1, -0.05) is 54.5 Å². The van der Waals surface area contributed by atoms with E-state index in [2.05, 4.69) is 74.7 Å². The standard InChI is InChI=1S/C34H60O9Si2/c1-24(30-22-27(40-32(36)41-30)21-26(16-18-35)42-44(10,11)33(2,3)4)28(43-45(12,13)34(5,6)7)17-19-39-23-25-14-15-29(37-8)31(20-25)38-9/h14-15,18,20,24,26-28,30H,16-17,19,21-23H2,1-13H3/t24-,26-,27-,28+,30-/m1/s1. The molecule has 0 radical (unpaired) electrons. The van der Waals surface area contributed by atoms with Crippen molar-refractivity contribution in [2.24, 2.45) is 5.92 Å². The Hall–Kier alpha value is -1.93. The van der Waals surface area contributed by atoms with E-state index in [1.165, 1.54) is 0 Å². The van der Waals surface area contributed by atoms with Gasteiger partial charge in [-0.05, 0) is 60.4 Å². The van der Waals surface area contributed by atoms with E-state index in [0.29, 0.717) is 44.0 Å². The zero-order valence-corrected chi connectivity index (χ0v) is 32.1. The normalized spacial score (nSPS) is 20.1. The number of carbonyl (C=O) groups excluding carboxylic acids is 2. The summed E-state index contributed by atoms with van der Waals surface area (Å²) < 4.78 is 41.9. The minimum atomic E-state index is -2.17. The quantitative estimate of drug-likeness (QED) is 0.0703. The first kappa shape index (κ1) is 39.3. The predicted octanol–water partition coefficient (Wildman–Crippen LogP) is 8.30. The van der Waals surface area contributed by atoms with Gasteiger partial charge in [-0.3, -0.25) is 0 Å². The van der Waals surface area contributed by atoms with Crippen LogP contribution in [0, 0.1) is 5.92 Å². The molecule has 45 heavy (non-hydrogen) atoms. The molecular weight excluding hydrogens is 609 g/mol. The topological polar surface area (TPSA) is 98.8 Å². The SMILES string of the molecule is COc1ccc(COCC[C@H](O[Si](C)(C)C(C)(C)C)[C@@H](C)[C@H]2C[C@@H](C[C@@H](CC=O)O[Si](C)(C)C(C)(C)C)OC(=O)O2)cc1OC. The molecule has 1 aromatic carbocycles. The first-order valence-electron chi connectivity index (χ1n) is 16.2. The van der Waals surface area contributed by atoms with Crippen molar-refractivity contribution in [3.63, 3.8) is 0 Å². The number of cyclic esters (lactones) is 2. The Morgan fingerprint density at radius 3 is 2.09 bits per heavy atom. The first-order valence-corrected chi connectivity index (χ1v) is 22.0. The van der Waals surface area contributed by atoms with Crippen LogP contribution in [0.25, 0.3) is 0 Å². The Morgan fingerprint density at radius 1 is 0.933 bits per heavy atom. The number of carbonyl (C=O) groups is 2. The van der Waals surface area contributed by atoms with Gasteiger partial charge in [0, 0.05) is 31.8 Å². The van der Waals surface area contributed by atoms with Gasteiger partial charge >= 0.3 is 6.16 Å². The summed E-state index contributed by atoms with van der Waals surface area (Å²) in [7, 11) is -1.08. The van der Waals surface area contributed by atoms with Gasteiger partial charge in [-0.15, -0.1) is 0 Å². The summed E-state index contributed by atoms with van der Waals surface area (Å²) in [6.07, 6.45) is 0.740. The average molecular weight is 669 g/mol. The molecular formula is C34H60O9Si2. The summed E-state index contributed by atoms with van der Waals surface area (Å²) >= 11 is 0. The number of rotatable bonds is 17. The van der Waals surface area contributed by atoms with Crippen LogP contribution in [-0.4, -0.2) is 74.3 Å². The molecule has 0 aromatic heterocycles. The fraction of sp³-hybridized carbons (Fsp3) is 0.765. The number of hydrogen-bond acceptors (Lipinski definition) is 9. The molecule has 2 rings (SSSR count). The number of methoxy groups -OCH3 is 2. The molecule has 1 aliphatic heterocycles. The molecule has 1 aromatic rings. The molecule has 0 saturated carbocycles. The van der Waals surface area contributed by atoms with Crippen molar-refractivity contribution in [3.05, 3.63) is 23.8 Å². The molecule has 0 amide bonds. The highest BCUT2D eigenvalue weighted by Crippen LogP contribution is 2.41. The van der Waals surface area contributed by atoms with Crippen molar-refractivity contribution in [1.29, 1.82) is 0 Å². The zero-order valence-electron chi connectivity index (χ0n) is 30.1. The second-order valence-electron chi connectivity index (χ2n) is 15.3. The van der Waals surface area contributed by atoms with Crippen molar-refractivity contribution in [2.45, 2.75) is 141 Å². The average Bonchev–Trinajstić information content (AvgIpc) is 2.92. The maximum atomic E-state index is 12.7. The second kappa shape index (κ2) is 16.3. The summed E-state index contributed by atoms with van der Waals surface area (Å²) in [6, 6.07) is 5.75. The van der Waals surface area contributed by atoms with Crippen LogP contribution in [0.4, 0.5) is 4.79 Å². The number of aldehydes is 1. The van der Waals surface area contributed by atoms with Gasteiger partial charge in [-0.25, -0.2) is 4.79 Å². The number of ether oxygens (including phenoxy) is 5. The Balaban J connectivity index is 2.17. The highest BCUT2D eigenvalue weighted by atomic mass is 28.4. The molecule has 258 valence electrons. The molecule has 1 fully saturated rings. The maximum Gasteiger partial charge on any atom is 0.508 e. The van der Waals surface area contributed by atoms with E-state index in [9.17, 15) is 9.59 Å². The predicted molar refractivity (Wildman–Crippen MR) is 182 cm³/mol. The van der Waals surface area contributed by atoms with E-state index in [-0.39, 0.29) is 34.6 Å². The minimum Gasteiger partial charge on any atom is -0.493 e. The van der Waals surface area contributed by atoms with Crippen LogP contribution in [0.15, 0.2) is 18.2 Å². The monoisotopic (exact) mass is 668 g/mol. The van der Waals surface area contributed by atoms with Crippen molar-refractivity contribution in [2.75, 3.05) is 20.8 Å². The molecule has 0 N–H and O–H groups in total. The summed E-state index contributed by atoms with van der Waals surface area (Å²) in [5.74, 6) is 1.23. The number of benzene rings is 1. The van der Waals surface area contributed by atoms with Gasteiger partial charge < -0.3 is 37.3 Å². The fourth-order valence-electron chi connectivity index (χ4n) is 4.88. The maximum absolute atomic E-state index is 12.7. The van der Waals surface area contributed by atoms with Crippen molar-refractivity contribution in [3.8, 4) is 11.5 Å². The molecule has 1 saturated heterocycles. The molecule has 5 atom stereocenters. The van der Waals surface area contributed by atoms with E-state index < -0.39 is 35.0 Å². The van der Waals surface area contributed by atoms with E-state index in [1.54, 1.807) is 14.2 Å². The smallest absolute Gasteiger partial charge is 0.493 e. The van der Waals surface area contributed by atoms with Crippen LogP contribution < -0.4 is 9.47 Å². The van der Waals surface area contributed by atoms with Gasteiger partial charge in [0.2, 0.25) is 0 Å². The molecule has 1 aliphatic rings. The Kier molecular flexibility index (Phi) is 14.2. The molecule has 9 nitrogen and oxygen atoms in total. The van der Waals surface area contributed by atoms with Crippen molar-refractivity contribution >= 4 is 29.1 Å². The third kappa shape index (κ3) is 11.4. The Labute approximate surface area is 274 Å². The fourth-order valence-corrected chi connectivity index (χ4v) is 7.70. The largest absolute Gasteiger partial charge is 0.508 e. The number of hydrogen-bond donors (Lipinski definition) is 0. The van der Waals surface area contributed by atoms with Gasteiger partial charge in [0.25, 0.3) is 0 Å². The lowest BCUT2D eigenvalue weighted by atomic mass is 9.90. The van der Waals surface area contributed by atoms with Crippen LogP contribution >= 0.6 is 0 Å². The van der Waals surface area contributed by atoms with Gasteiger partial charge in [0.15, 0.2) is 28.1 Å². The van der Waals surface area contributed by atoms with Gasteiger partial charge in [0.05, 0.1) is 33.0 Å². The summed E-state index contributed by atoms with van der Waals surface area (Å²) in [4.78, 5) is 24.3. The van der Waals surface area contributed by atoms with Crippen molar-refractivity contribution < 1.29 is 42.1 Å². The third-order valence-electron chi connectivity index (χ3n) is 9.85. The highest BCUT2D eigenvalue weighted by Gasteiger charge is 2.44. The molecule has 0 aliphatic carbocycles. The lowest BCUT2D eigenvalue weighted by molar-refractivity contribution is -0.111. The zero-order chi connectivity index (χ0) is 34.2. The van der Waals surface area contributed by atoms with Crippen LogP contribution in [0.5, 0.6) is 11.5 Å². The minimum absolute atomic E-state index is 0.00347. The highest BCUT2D eigenvalue weighted by molar-refractivity contribution is 6.74. The van der Waals surface area contributed by atoms with Crippen LogP contribution in [0.3, 0.4) is 0 Å². The van der Waals surface area contributed by atoms with Crippen LogP contribution in [0.1, 0.15) is 79.7 Å². The third-order valence-corrected chi connectivity index (χ3v) is 18.9. The van der Waals surface area contributed by atoms with Crippen LogP contribution in [0.2, 0.25) is 36.3 Å². The summed E-state index contributed by atoms with van der Waals surface area (Å²) in [5, 5.41) is -0.00312. The lowest BCUT2D eigenvalue weighted by Crippen LogP contribution is -2.50. The summed E-state index contributed by atoms with van der Waals surface area (Å²) in [5.41, 5.74) is 0.980. The Bertz CT molecular complexity index is 1090. The Morgan fingerprint density at radius 2 is 1.53 bits per heavy atom. The van der Waals surface area contributed by atoms with E-state index in [4.69, 9.17) is 32.5 Å². The van der Waals surface area contributed by atoms with E-state index in [0.717, 1.165) is 11.8 Å². The molecule has 1 heterocycles.